The van der Waals surface area contributed by atoms with Crippen molar-refractivity contribution in [2.45, 2.75) is 19.9 Å². The summed E-state index contributed by atoms with van der Waals surface area (Å²) in [5.74, 6) is -1.60. The van der Waals surface area contributed by atoms with Gasteiger partial charge in [-0.05, 0) is 37.1 Å². The SMILES string of the molecule is Cc1ccc(/C(O)=C2\C(=O)C(=O)N(c3cccc(Cl)c3C)C2c2ccccc2)cc1. The van der Waals surface area contributed by atoms with Crippen molar-refractivity contribution in [1.82, 2.24) is 0 Å². The molecule has 5 heteroatoms. The van der Waals surface area contributed by atoms with Crippen LogP contribution in [0.2, 0.25) is 5.02 Å². The highest BCUT2D eigenvalue weighted by Gasteiger charge is 2.47. The molecule has 30 heavy (non-hydrogen) atoms. The number of nitrogens with zero attached hydrogens (tertiary/aromatic N) is 1. The van der Waals surface area contributed by atoms with Crippen LogP contribution in [0, 0.1) is 13.8 Å². The molecule has 0 radical (unpaired) electrons. The van der Waals surface area contributed by atoms with Gasteiger partial charge >= 0.3 is 0 Å². The van der Waals surface area contributed by atoms with Crippen LogP contribution >= 0.6 is 11.6 Å². The Morgan fingerprint density at radius 2 is 1.57 bits per heavy atom. The second-order valence-corrected chi connectivity index (χ2v) is 7.74. The van der Waals surface area contributed by atoms with E-state index in [4.69, 9.17) is 11.6 Å². The fourth-order valence-corrected chi connectivity index (χ4v) is 3.93. The largest absolute Gasteiger partial charge is 0.507 e. The van der Waals surface area contributed by atoms with Gasteiger partial charge in [0.15, 0.2) is 0 Å². The maximum Gasteiger partial charge on any atom is 0.300 e. The first-order valence-electron chi connectivity index (χ1n) is 9.58. The van der Waals surface area contributed by atoms with Gasteiger partial charge in [0.05, 0.1) is 11.6 Å². The van der Waals surface area contributed by atoms with Crippen molar-refractivity contribution in [3.05, 3.63) is 106 Å². The molecule has 0 spiro atoms. The molecule has 0 saturated carbocycles. The van der Waals surface area contributed by atoms with Crippen molar-refractivity contribution in [2.24, 2.45) is 0 Å². The first-order valence-corrected chi connectivity index (χ1v) is 9.96. The molecular weight excluding hydrogens is 398 g/mol. The molecule has 3 aromatic carbocycles. The Kier molecular flexibility index (Phi) is 5.18. The van der Waals surface area contributed by atoms with E-state index in [9.17, 15) is 14.7 Å². The van der Waals surface area contributed by atoms with Crippen molar-refractivity contribution in [3.63, 3.8) is 0 Å². The monoisotopic (exact) mass is 417 g/mol. The van der Waals surface area contributed by atoms with Crippen LogP contribution in [0.25, 0.3) is 5.76 Å². The number of carbonyl (C=O) groups is 2. The summed E-state index contributed by atoms with van der Waals surface area (Å²) in [7, 11) is 0. The highest BCUT2D eigenvalue weighted by atomic mass is 35.5. The van der Waals surface area contributed by atoms with Gasteiger partial charge in [-0.25, -0.2) is 0 Å². The lowest BCUT2D eigenvalue weighted by Gasteiger charge is -2.27. The quantitative estimate of drug-likeness (QED) is 0.343. The Labute approximate surface area is 180 Å². The number of hydrogen-bond donors (Lipinski definition) is 1. The first-order chi connectivity index (χ1) is 14.4. The van der Waals surface area contributed by atoms with Crippen LogP contribution in [0.4, 0.5) is 5.69 Å². The lowest BCUT2D eigenvalue weighted by atomic mass is 9.94. The number of hydrogen-bond acceptors (Lipinski definition) is 3. The zero-order valence-electron chi connectivity index (χ0n) is 16.6. The predicted molar refractivity (Wildman–Crippen MR) is 119 cm³/mol. The zero-order valence-corrected chi connectivity index (χ0v) is 17.4. The third kappa shape index (κ3) is 3.29. The molecule has 1 heterocycles. The molecule has 150 valence electrons. The molecule has 1 aliphatic heterocycles. The number of halogens is 1. The van der Waals surface area contributed by atoms with E-state index in [0.29, 0.717) is 21.8 Å². The fraction of sp³-hybridized carbons (Fsp3) is 0.120. The minimum absolute atomic E-state index is 0.0643. The lowest BCUT2D eigenvalue weighted by molar-refractivity contribution is -0.132. The molecule has 4 rings (SSSR count). The zero-order chi connectivity index (χ0) is 21.4. The van der Waals surface area contributed by atoms with E-state index < -0.39 is 17.7 Å². The van der Waals surface area contributed by atoms with E-state index in [2.05, 4.69) is 0 Å². The Morgan fingerprint density at radius 1 is 0.900 bits per heavy atom. The van der Waals surface area contributed by atoms with Gasteiger partial charge in [-0.2, -0.15) is 0 Å². The highest BCUT2D eigenvalue weighted by Crippen LogP contribution is 2.43. The van der Waals surface area contributed by atoms with Crippen molar-refractivity contribution in [1.29, 1.82) is 0 Å². The molecule has 1 fully saturated rings. The van der Waals surface area contributed by atoms with Gasteiger partial charge < -0.3 is 5.11 Å². The van der Waals surface area contributed by atoms with Crippen molar-refractivity contribution >= 4 is 34.7 Å². The minimum atomic E-state index is -0.760. The number of amides is 1. The van der Waals surface area contributed by atoms with Gasteiger partial charge in [-0.1, -0.05) is 77.8 Å². The Hall–Kier alpha value is -3.37. The molecule has 1 saturated heterocycles. The third-order valence-electron chi connectivity index (χ3n) is 5.38. The van der Waals surface area contributed by atoms with Crippen LogP contribution in [0.5, 0.6) is 0 Å². The number of benzene rings is 3. The smallest absolute Gasteiger partial charge is 0.300 e. The van der Waals surface area contributed by atoms with Crippen LogP contribution in [0.15, 0.2) is 78.4 Å². The van der Waals surface area contributed by atoms with Crippen LogP contribution in [-0.2, 0) is 9.59 Å². The maximum atomic E-state index is 13.1. The van der Waals surface area contributed by atoms with Crippen LogP contribution < -0.4 is 4.90 Å². The summed E-state index contributed by atoms with van der Waals surface area (Å²) < 4.78 is 0. The average molecular weight is 418 g/mol. The molecule has 0 aliphatic carbocycles. The van der Waals surface area contributed by atoms with Gasteiger partial charge in [0.1, 0.15) is 5.76 Å². The van der Waals surface area contributed by atoms with Gasteiger partial charge in [-0.3, -0.25) is 14.5 Å². The number of aryl methyl sites for hydroxylation is 1. The van der Waals surface area contributed by atoms with E-state index in [1.807, 2.05) is 49.4 Å². The average Bonchev–Trinajstić information content (AvgIpc) is 3.01. The molecule has 4 nitrogen and oxygen atoms in total. The summed E-state index contributed by atoms with van der Waals surface area (Å²) in [6.45, 7) is 3.74. The molecule has 0 bridgehead atoms. The third-order valence-corrected chi connectivity index (χ3v) is 5.79. The number of aliphatic hydroxyl groups excluding tert-OH is 1. The normalized spacial score (nSPS) is 18.1. The number of rotatable bonds is 3. The van der Waals surface area contributed by atoms with Gasteiger partial charge in [-0.15, -0.1) is 0 Å². The topological polar surface area (TPSA) is 57.6 Å². The van der Waals surface area contributed by atoms with E-state index in [-0.39, 0.29) is 11.3 Å². The minimum Gasteiger partial charge on any atom is -0.507 e. The second-order valence-electron chi connectivity index (χ2n) is 7.33. The molecule has 1 amide bonds. The predicted octanol–water partition coefficient (Wildman–Crippen LogP) is 5.58. The Balaban J connectivity index is 1.97. The summed E-state index contributed by atoms with van der Waals surface area (Å²) in [6.07, 6.45) is 0. The summed E-state index contributed by atoms with van der Waals surface area (Å²) in [6, 6.07) is 20.9. The highest BCUT2D eigenvalue weighted by molar-refractivity contribution is 6.52. The standard InChI is InChI=1S/C25H20ClNO3/c1-15-11-13-18(14-12-15)23(28)21-22(17-7-4-3-5-8-17)27(25(30)24(21)29)20-10-6-9-19(26)16(20)2/h3-14,22,28H,1-2H3/b23-21+. The van der Waals surface area contributed by atoms with Crippen LogP contribution in [-0.4, -0.2) is 16.8 Å². The molecule has 0 aromatic heterocycles. The summed E-state index contributed by atoms with van der Waals surface area (Å²) in [5.41, 5.74) is 3.54. The van der Waals surface area contributed by atoms with Crippen molar-refractivity contribution in [2.75, 3.05) is 4.90 Å². The fourth-order valence-electron chi connectivity index (χ4n) is 3.76. The van der Waals surface area contributed by atoms with E-state index >= 15 is 0 Å². The van der Waals surface area contributed by atoms with Crippen LogP contribution in [0.1, 0.15) is 28.3 Å². The van der Waals surface area contributed by atoms with Crippen LogP contribution in [0.3, 0.4) is 0 Å². The Bertz CT molecular complexity index is 1170. The van der Waals surface area contributed by atoms with E-state index in [1.165, 1.54) is 4.90 Å². The van der Waals surface area contributed by atoms with E-state index in [1.54, 1.807) is 37.3 Å². The summed E-state index contributed by atoms with van der Waals surface area (Å²) >= 11 is 6.30. The molecule has 3 aromatic rings. The number of anilines is 1. The number of Topliss-reactive ketones (excluding diaryl/α,β-unsaturated/α-hetero) is 1. The molecule has 1 N–H and O–H groups in total. The number of carbonyl (C=O) groups excluding carboxylic acids is 2. The Morgan fingerprint density at radius 3 is 2.23 bits per heavy atom. The van der Waals surface area contributed by atoms with Crippen molar-refractivity contribution < 1.29 is 14.7 Å². The lowest BCUT2D eigenvalue weighted by Crippen LogP contribution is -2.30. The summed E-state index contributed by atoms with van der Waals surface area (Å²) in [5, 5.41) is 11.6. The van der Waals surface area contributed by atoms with Crippen molar-refractivity contribution in [3.8, 4) is 0 Å². The maximum absolute atomic E-state index is 13.1. The molecule has 1 unspecified atom stereocenters. The molecule has 1 atom stereocenters. The van der Waals surface area contributed by atoms with Gasteiger partial charge in [0, 0.05) is 16.3 Å². The molecule has 1 aliphatic rings. The summed E-state index contributed by atoms with van der Waals surface area (Å²) in [4.78, 5) is 27.7. The van der Waals surface area contributed by atoms with Gasteiger partial charge in [0.2, 0.25) is 0 Å². The van der Waals surface area contributed by atoms with Gasteiger partial charge in [0.25, 0.3) is 11.7 Å². The molecular formula is C25H20ClNO3. The number of ketones is 1. The van der Waals surface area contributed by atoms with E-state index in [0.717, 1.165) is 11.1 Å². The first kappa shape index (κ1) is 19.9. The second kappa shape index (κ2) is 7.81. The number of aliphatic hydroxyl groups is 1.